The predicted octanol–water partition coefficient (Wildman–Crippen LogP) is 1.19. The molecule has 0 saturated heterocycles. The molecule has 0 radical (unpaired) electrons. The number of rotatable bonds is 4. The van der Waals surface area contributed by atoms with Crippen molar-refractivity contribution in [3.8, 4) is 6.07 Å². The number of carbonyl (C=O) groups is 1. The summed E-state index contributed by atoms with van der Waals surface area (Å²) in [6.07, 6.45) is 1.42. The van der Waals surface area contributed by atoms with Gasteiger partial charge in [-0.05, 0) is 13.0 Å². The number of ether oxygens (including phenoxy) is 1. The zero-order valence-corrected chi connectivity index (χ0v) is 9.58. The van der Waals surface area contributed by atoms with Crippen LogP contribution in [0.5, 0.6) is 0 Å². The molecular formula is C10H11N3O2S. The number of carbonyl (C=O) groups excluding carboxylic acids is 1. The molecule has 0 saturated carbocycles. The van der Waals surface area contributed by atoms with Crippen LogP contribution in [0.15, 0.2) is 17.3 Å². The monoisotopic (exact) mass is 237 g/mol. The number of thioether (sulfide) groups is 1. The van der Waals surface area contributed by atoms with Crippen LogP contribution < -0.4 is 5.73 Å². The van der Waals surface area contributed by atoms with E-state index in [1.54, 1.807) is 6.92 Å². The van der Waals surface area contributed by atoms with Gasteiger partial charge in [-0.3, -0.25) is 4.79 Å². The van der Waals surface area contributed by atoms with Crippen molar-refractivity contribution in [3.05, 3.63) is 17.8 Å². The Bertz CT molecular complexity index is 429. The van der Waals surface area contributed by atoms with Gasteiger partial charge in [0.2, 0.25) is 0 Å². The largest absolute Gasteiger partial charge is 0.465 e. The van der Waals surface area contributed by atoms with Crippen molar-refractivity contribution < 1.29 is 9.53 Å². The highest BCUT2D eigenvalue weighted by Gasteiger charge is 2.07. The number of esters is 1. The Morgan fingerprint density at radius 3 is 3.06 bits per heavy atom. The number of hydrogen-bond donors (Lipinski definition) is 1. The minimum absolute atomic E-state index is 0.164. The molecule has 0 bridgehead atoms. The van der Waals surface area contributed by atoms with Crippen LogP contribution in [0.2, 0.25) is 0 Å². The number of aromatic nitrogens is 1. The number of nitrogens with zero attached hydrogens (tertiary/aromatic N) is 2. The van der Waals surface area contributed by atoms with E-state index in [0.29, 0.717) is 22.9 Å². The molecule has 0 spiro atoms. The van der Waals surface area contributed by atoms with Crippen molar-refractivity contribution in [3.63, 3.8) is 0 Å². The number of pyridine rings is 1. The minimum Gasteiger partial charge on any atom is -0.465 e. The van der Waals surface area contributed by atoms with Gasteiger partial charge in [-0.2, -0.15) is 5.26 Å². The summed E-state index contributed by atoms with van der Waals surface area (Å²) < 4.78 is 4.77. The molecule has 0 aromatic carbocycles. The molecule has 0 fully saturated rings. The molecule has 0 atom stereocenters. The van der Waals surface area contributed by atoms with E-state index in [-0.39, 0.29) is 11.7 Å². The van der Waals surface area contributed by atoms with Crippen LogP contribution in [0.25, 0.3) is 0 Å². The molecular weight excluding hydrogens is 226 g/mol. The summed E-state index contributed by atoms with van der Waals surface area (Å²) in [6.45, 7) is 2.10. The first kappa shape index (κ1) is 12.3. The third kappa shape index (κ3) is 3.44. The summed E-state index contributed by atoms with van der Waals surface area (Å²) >= 11 is 1.19. The molecule has 1 heterocycles. The average Bonchev–Trinajstić information content (AvgIpc) is 2.27. The number of nitrogen functional groups attached to an aromatic ring is 1. The summed E-state index contributed by atoms with van der Waals surface area (Å²) in [4.78, 5) is 15.1. The lowest BCUT2D eigenvalue weighted by Gasteiger charge is -2.04. The van der Waals surface area contributed by atoms with E-state index in [4.69, 9.17) is 15.7 Å². The van der Waals surface area contributed by atoms with E-state index in [2.05, 4.69) is 4.98 Å². The second-order valence-corrected chi connectivity index (χ2v) is 3.79. The Morgan fingerprint density at radius 1 is 1.75 bits per heavy atom. The molecule has 0 aliphatic carbocycles. The smallest absolute Gasteiger partial charge is 0.316 e. The summed E-state index contributed by atoms with van der Waals surface area (Å²) in [7, 11) is 0. The molecule has 6 heteroatoms. The van der Waals surface area contributed by atoms with Crippen molar-refractivity contribution in [1.82, 2.24) is 4.98 Å². The Morgan fingerprint density at radius 2 is 2.50 bits per heavy atom. The van der Waals surface area contributed by atoms with Gasteiger partial charge < -0.3 is 10.5 Å². The minimum atomic E-state index is -0.307. The highest BCUT2D eigenvalue weighted by Crippen LogP contribution is 2.22. The van der Waals surface area contributed by atoms with Crippen LogP contribution in [0.3, 0.4) is 0 Å². The van der Waals surface area contributed by atoms with E-state index in [9.17, 15) is 4.79 Å². The predicted molar refractivity (Wildman–Crippen MR) is 60.7 cm³/mol. The summed E-state index contributed by atoms with van der Waals surface area (Å²) in [5, 5.41) is 9.15. The third-order valence-electron chi connectivity index (χ3n) is 1.64. The first-order valence-electron chi connectivity index (χ1n) is 4.61. The molecule has 0 aliphatic rings. The van der Waals surface area contributed by atoms with E-state index in [1.807, 2.05) is 6.07 Å². The summed E-state index contributed by atoms with van der Waals surface area (Å²) in [6, 6.07) is 3.47. The fourth-order valence-electron chi connectivity index (χ4n) is 0.981. The highest BCUT2D eigenvalue weighted by atomic mass is 32.2. The Kier molecular flexibility index (Phi) is 4.61. The molecule has 5 nitrogen and oxygen atoms in total. The zero-order chi connectivity index (χ0) is 12.0. The van der Waals surface area contributed by atoms with Crippen molar-refractivity contribution in [2.75, 3.05) is 18.1 Å². The van der Waals surface area contributed by atoms with Gasteiger partial charge in [-0.15, -0.1) is 0 Å². The van der Waals surface area contributed by atoms with Gasteiger partial charge in [0.1, 0.15) is 11.1 Å². The van der Waals surface area contributed by atoms with Gasteiger partial charge in [0.05, 0.1) is 23.6 Å². The van der Waals surface area contributed by atoms with Crippen LogP contribution in [0.4, 0.5) is 5.69 Å². The molecule has 16 heavy (non-hydrogen) atoms. The maximum absolute atomic E-state index is 11.1. The topological polar surface area (TPSA) is 89.0 Å². The van der Waals surface area contributed by atoms with Crippen molar-refractivity contribution >= 4 is 23.4 Å². The van der Waals surface area contributed by atoms with Crippen LogP contribution in [-0.2, 0) is 9.53 Å². The SMILES string of the molecule is CCOC(=O)CSc1ncc(C#N)cc1N. The van der Waals surface area contributed by atoms with Crippen molar-refractivity contribution in [2.24, 2.45) is 0 Å². The second-order valence-electron chi connectivity index (χ2n) is 2.82. The summed E-state index contributed by atoms with van der Waals surface area (Å²) in [5.41, 5.74) is 6.47. The van der Waals surface area contributed by atoms with E-state index >= 15 is 0 Å². The van der Waals surface area contributed by atoms with Gasteiger partial charge in [0, 0.05) is 6.20 Å². The first-order chi connectivity index (χ1) is 7.67. The standard InChI is InChI=1S/C10H11N3O2S/c1-2-15-9(14)6-16-10-8(12)3-7(4-11)5-13-10/h3,5H,2,6,12H2,1H3. The highest BCUT2D eigenvalue weighted by molar-refractivity contribution is 8.00. The van der Waals surface area contributed by atoms with E-state index in [0.717, 1.165) is 0 Å². The third-order valence-corrected chi connectivity index (χ3v) is 2.63. The van der Waals surface area contributed by atoms with E-state index in [1.165, 1.54) is 24.0 Å². The zero-order valence-electron chi connectivity index (χ0n) is 8.77. The van der Waals surface area contributed by atoms with E-state index < -0.39 is 0 Å². The lowest BCUT2D eigenvalue weighted by molar-refractivity contribution is -0.139. The van der Waals surface area contributed by atoms with Crippen LogP contribution in [-0.4, -0.2) is 23.3 Å². The fraction of sp³-hybridized carbons (Fsp3) is 0.300. The molecule has 0 amide bonds. The van der Waals surface area contributed by atoms with Crippen molar-refractivity contribution in [1.29, 1.82) is 5.26 Å². The second kappa shape index (κ2) is 5.98. The van der Waals surface area contributed by atoms with Crippen LogP contribution >= 0.6 is 11.8 Å². The lowest BCUT2D eigenvalue weighted by Crippen LogP contribution is -2.07. The quantitative estimate of drug-likeness (QED) is 0.625. The molecule has 84 valence electrons. The van der Waals surface area contributed by atoms with Crippen LogP contribution in [0.1, 0.15) is 12.5 Å². The van der Waals surface area contributed by atoms with Gasteiger partial charge in [0.15, 0.2) is 0 Å². The van der Waals surface area contributed by atoms with Gasteiger partial charge >= 0.3 is 5.97 Å². The Labute approximate surface area is 97.6 Å². The normalized spacial score (nSPS) is 9.50. The molecule has 1 aromatic heterocycles. The maximum Gasteiger partial charge on any atom is 0.316 e. The number of nitrogens with two attached hydrogens (primary N) is 1. The molecule has 1 aromatic rings. The molecule has 0 unspecified atom stereocenters. The summed E-state index contributed by atoms with van der Waals surface area (Å²) in [5.74, 6) is -0.144. The number of nitriles is 1. The van der Waals surface area contributed by atoms with Gasteiger partial charge in [-0.25, -0.2) is 4.98 Å². The first-order valence-corrected chi connectivity index (χ1v) is 5.60. The fourth-order valence-corrected chi connectivity index (χ4v) is 1.67. The average molecular weight is 237 g/mol. The van der Waals surface area contributed by atoms with Crippen LogP contribution in [0, 0.1) is 11.3 Å². The lowest BCUT2D eigenvalue weighted by atomic mass is 10.3. The Hall–Kier alpha value is -1.74. The van der Waals surface area contributed by atoms with Crippen molar-refractivity contribution in [2.45, 2.75) is 11.9 Å². The molecule has 0 aliphatic heterocycles. The van der Waals surface area contributed by atoms with Gasteiger partial charge in [0.25, 0.3) is 0 Å². The molecule has 2 N–H and O–H groups in total. The maximum atomic E-state index is 11.1. The number of anilines is 1. The Balaban J connectivity index is 2.62. The van der Waals surface area contributed by atoms with Gasteiger partial charge in [-0.1, -0.05) is 11.8 Å². The number of hydrogen-bond acceptors (Lipinski definition) is 6. The molecule has 1 rings (SSSR count).